The molecule has 0 fully saturated rings. The number of rotatable bonds is 9. The summed E-state index contributed by atoms with van der Waals surface area (Å²) in [6.45, 7) is 17.9. The van der Waals surface area contributed by atoms with E-state index < -0.39 is 0 Å². The third-order valence-electron chi connectivity index (χ3n) is 6.46. The summed E-state index contributed by atoms with van der Waals surface area (Å²) in [6, 6.07) is 23.6. The average molecular weight is 466 g/mol. The molecule has 0 spiro atoms. The molecule has 0 aliphatic heterocycles. The van der Waals surface area contributed by atoms with Crippen molar-refractivity contribution in [3.63, 3.8) is 0 Å². The first-order chi connectivity index (χ1) is 16.7. The van der Waals surface area contributed by atoms with Crippen LogP contribution in [0.1, 0.15) is 107 Å². The van der Waals surface area contributed by atoms with E-state index in [4.69, 9.17) is 10.3 Å². The lowest BCUT2D eigenvalue weighted by Gasteiger charge is -2.30. The SMILES string of the molecule is CC(C)c1cccc(C(C)C)c1N=C/C(=C/[N-]c1c(C(C)C)cccc1C(C)C)c1ccccc1. The molecule has 0 saturated carbocycles. The maximum Gasteiger partial charge on any atom is 0.0699 e. The average Bonchev–Trinajstić information content (AvgIpc) is 2.83. The maximum absolute atomic E-state index is 5.10. The Morgan fingerprint density at radius 3 is 1.51 bits per heavy atom. The van der Waals surface area contributed by atoms with Gasteiger partial charge in [0, 0.05) is 6.21 Å². The van der Waals surface area contributed by atoms with E-state index in [1.807, 2.05) is 18.5 Å². The van der Waals surface area contributed by atoms with Crippen LogP contribution in [0, 0.1) is 0 Å². The maximum atomic E-state index is 5.10. The van der Waals surface area contributed by atoms with Crippen molar-refractivity contribution in [2.75, 3.05) is 0 Å². The van der Waals surface area contributed by atoms with Crippen LogP contribution >= 0.6 is 0 Å². The predicted octanol–water partition coefficient (Wildman–Crippen LogP) is 10.6. The van der Waals surface area contributed by atoms with Crippen molar-refractivity contribution in [1.82, 2.24) is 0 Å². The number of aliphatic imine (C=N–C) groups is 1. The van der Waals surface area contributed by atoms with Crippen LogP contribution in [-0.4, -0.2) is 6.21 Å². The predicted molar refractivity (Wildman–Crippen MR) is 155 cm³/mol. The van der Waals surface area contributed by atoms with Gasteiger partial charge >= 0.3 is 0 Å². The zero-order valence-corrected chi connectivity index (χ0v) is 22.7. The van der Waals surface area contributed by atoms with Crippen LogP contribution in [-0.2, 0) is 0 Å². The molecule has 184 valence electrons. The zero-order valence-electron chi connectivity index (χ0n) is 22.7. The Balaban J connectivity index is 2.12. The van der Waals surface area contributed by atoms with Crippen LogP contribution in [0.25, 0.3) is 10.9 Å². The third-order valence-corrected chi connectivity index (χ3v) is 6.46. The second-order valence-electron chi connectivity index (χ2n) is 10.5. The Morgan fingerprint density at radius 2 is 1.06 bits per heavy atom. The molecule has 0 atom stereocenters. The lowest BCUT2D eigenvalue weighted by atomic mass is 9.92. The molecule has 0 bridgehead atoms. The van der Waals surface area contributed by atoms with Gasteiger partial charge in [0.1, 0.15) is 0 Å². The van der Waals surface area contributed by atoms with Gasteiger partial charge < -0.3 is 5.32 Å². The molecular weight excluding hydrogens is 424 g/mol. The van der Waals surface area contributed by atoms with Crippen molar-refractivity contribution in [2.24, 2.45) is 4.99 Å². The van der Waals surface area contributed by atoms with Crippen molar-refractivity contribution < 1.29 is 0 Å². The molecule has 0 N–H and O–H groups in total. The molecule has 3 aromatic rings. The number of hydrogen-bond acceptors (Lipinski definition) is 1. The molecule has 3 rings (SSSR count). The highest BCUT2D eigenvalue weighted by molar-refractivity contribution is 6.11. The number of allylic oxidation sites excluding steroid dienone is 1. The Kier molecular flexibility index (Phi) is 9.09. The summed E-state index contributed by atoms with van der Waals surface area (Å²) < 4.78 is 0. The summed E-state index contributed by atoms with van der Waals surface area (Å²) in [6.07, 6.45) is 4.00. The number of para-hydroxylation sites is 2. The van der Waals surface area contributed by atoms with Crippen LogP contribution in [0.2, 0.25) is 0 Å². The van der Waals surface area contributed by atoms with Crippen LogP contribution < -0.4 is 0 Å². The van der Waals surface area contributed by atoms with Gasteiger partial charge in [-0.2, -0.15) is 6.20 Å². The minimum absolute atomic E-state index is 0.404. The molecule has 2 heteroatoms. The van der Waals surface area contributed by atoms with Crippen molar-refractivity contribution >= 4 is 23.2 Å². The summed E-state index contributed by atoms with van der Waals surface area (Å²) in [5.74, 6) is 1.62. The fraction of sp³-hybridized carbons (Fsp3) is 0.364. The molecule has 0 aliphatic rings. The first kappa shape index (κ1) is 26.5. The second kappa shape index (κ2) is 12.0. The fourth-order valence-electron chi connectivity index (χ4n) is 4.40. The monoisotopic (exact) mass is 465 g/mol. The molecule has 0 radical (unpaired) electrons. The van der Waals surface area contributed by atoms with E-state index in [1.165, 1.54) is 22.3 Å². The molecule has 0 amide bonds. The standard InChI is InChI=1S/C33H41N2/c1-22(2)28-16-12-17-29(23(3)4)32(28)34-20-27(26-14-10-9-11-15-26)21-35-33-30(24(5)6)18-13-19-31(33)25(7)8/h9-25H,1-8H3/q-1/b27-20-,35-21?. The van der Waals surface area contributed by atoms with Gasteiger partial charge in [0.2, 0.25) is 0 Å². The highest BCUT2D eigenvalue weighted by atomic mass is 14.9. The molecule has 0 unspecified atom stereocenters. The van der Waals surface area contributed by atoms with Crippen LogP contribution in [0.3, 0.4) is 0 Å². The van der Waals surface area contributed by atoms with E-state index in [1.54, 1.807) is 0 Å². The number of hydrogen-bond donors (Lipinski definition) is 0. The Morgan fingerprint density at radius 1 is 0.600 bits per heavy atom. The topological polar surface area (TPSA) is 26.5 Å². The van der Waals surface area contributed by atoms with Gasteiger partial charge in [-0.3, -0.25) is 4.99 Å². The van der Waals surface area contributed by atoms with Gasteiger partial charge in [-0.25, -0.2) is 0 Å². The highest BCUT2D eigenvalue weighted by Gasteiger charge is 2.13. The van der Waals surface area contributed by atoms with Crippen LogP contribution in [0.15, 0.2) is 77.9 Å². The van der Waals surface area contributed by atoms with Gasteiger partial charge in [0.05, 0.1) is 5.69 Å². The minimum Gasteiger partial charge on any atom is -0.663 e. The third kappa shape index (κ3) is 6.51. The van der Waals surface area contributed by atoms with Crippen LogP contribution in [0.4, 0.5) is 11.4 Å². The minimum atomic E-state index is 0.404. The van der Waals surface area contributed by atoms with E-state index in [9.17, 15) is 0 Å². The van der Waals surface area contributed by atoms with Crippen molar-refractivity contribution in [3.05, 3.63) is 106 Å². The summed E-state index contributed by atoms with van der Waals surface area (Å²) >= 11 is 0. The van der Waals surface area contributed by atoms with Crippen molar-refractivity contribution in [3.8, 4) is 0 Å². The quantitative estimate of drug-likeness (QED) is 0.281. The molecule has 0 heterocycles. The van der Waals surface area contributed by atoms with Gasteiger partial charge in [0.15, 0.2) is 0 Å². The van der Waals surface area contributed by atoms with E-state index >= 15 is 0 Å². The van der Waals surface area contributed by atoms with Crippen molar-refractivity contribution in [1.29, 1.82) is 0 Å². The Hall–Kier alpha value is -3.13. The smallest absolute Gasteiger partial charge is 0.0699 e. The van der Waals surface area contributed by atoms with E-state index in [2.05, 4.69) is 116 Å². The lowest BCUT2D eigenvalue weighted by Crippen LogP contribution is -1.97. The lowest BCUT2D eigenvalue weighted by molar-refractivity contribution is 0.835. The Labute approximate surface area is 213 Å². The zero-order chi connectivity index (χ0) is 25.5. The number of benzene rings is 3. The first-order valence-electron chi connectivity index (χ1n) is 13.0. The Bertz CT molecular complexity index is 1110. The molecule has 2 nitrogen and oxygen atoms in total. The molecule has 3 aromatic carbocycles. The van der Waals surface area contributed by atoms with Gasteiger partial charge in [-0.05, 0) is 45.9 Å². The molecule has 0 aromatic heterocycles. The first-order valence-corrected chi connectivity index (χ1v) is 13.0. The van der Waals surface area contributed by atoms with E-state index in [-0.39, 0.29) is 0 Å². The summed E-state index contributed by atoms with van der Waals surface area (Å²) in [5, 5.41) is 5.10. The second-order valence-corrected chi connectivity index (χ2v) is 10.5. The van der Waals surface area contributed by atoms with E-state index in [0.717, 1.165) is 22.5 Å². The molecular formula is C33H41N2-. The highest BCUT2D eigenvalue weighted by Crippen LogP contribution is 2.39. The van der Waals surface area contributed by atoms with Crippen LogP contribution in [0.5, 0.6) is 0 Å². The molecule has 0 saturated heterocycles. The molecule has 35 heavy (non-hydrogen) atoms. The summed E-state index contributed by atoms with van der Waals surface area (Å²) in [4.78, 5) is 5.10. The fourth-order valence-corrected chi connectivity index (χ4v) is 4.40. The van der Waals surface area contributed by atoms with Gasteiger partial charge in [0.25, 0.3) is 0 Å². The summed E-state index contributed by atoms with van der Waals surface area (Å²) in [7, 11) is 0. The molecule has 0 aliphatic carbocycles. The normalized spacial score (nSPS) is 12.5. The summed E-state index contributed by atoms with van der Waals surface area (Å²) in [5.41, 5.74) is 9.42. The largest absolute Gasteiger partial charge is 0.663 e. The number of nitrogens with zero attached hydrogens (tertiary/aromatic N) is 2. The van der Waals surface area contributed by atoms with Gasteiger partial charge in [-0.15, -0.1) is 5.69 Å². The van der Waals surface area contributed by atoms with Gasteiger partial charge in [-0.1, -0.05) is 133 Å². The van der Waals surface area contributed by atoms with Crippen molar-refractivity contribution in [2.45, 2.75) is 79.1 Å². The van der Waals surface area contributed by atoms with E-state index in [0.29, 0.717) is 23.7 Å².